The zero-order valence-corrected chi connectivity index (χ0v) is 22.6. The number of carbonyl (C=O) groups excluding carboxylic acids is 3. The first kappa shape index (κ1) is 26.6. The molecular weight excluding hydrogens is 452 g/mol. The number of aliphatic hydroxyl groups excluding tert-OH is 1. The highest BCUT2D eigenvalue weighted by atomic mass is 16.5. The molecule has 0 heterocycles. The lowest BCUT2D eigenvalue weighted by atomic mass is 9.70. The first-order valence-electron chi connectivity index (χ1n) is 13.7. The van der Waals surface area contributed by atoms with E-state index in [2.05, 4.69) is 34.3 Å². The van der Waals surface area contributed by atoms with E-state index in [1.165, 1.54) is 0 Å². The summed E-state index contributed by atoms with van der Waals surface area (Å²) in [6.07, 6.45) is 10.7. The SMILES string of the molecule is C=C[C@@H]1CCC(C)=C[C@H]1C1=C(O)C(=O)C(CCCCC)=C(C(=O)OC2CC3CCC2(C)C3(C)C)C1=O. The van der Waals surface area contributed by atoms with E-state index in [-0.39, 0.29) is 46.0 Å². The van der Waals surface area contributed by atoms with Crippen molar-refractivity contribution < 1.29 is 24.2 Å². The second kappa shape index (κ2) is 9.79. The minimum Gasteiger partial charge on any atom is -0.504 e. The zero-order valence-electron chi connectivity index (χ0n) is 22.6. The number of carbonyl (C=O) groups is 3. The van der Waals surface area contributed by atoms with E-state index in [9.17, 15) is 19.5 Å². The molecule has 0 aromatic carbocycles. The average molecular weight is 495 g/mol. The van der Waals surface area contributed by atoms with E-state index in [1.807, 2.05) is 13.0 Å². The summed E-state index contributed by atoms with van der Waals surface area (Å²) in [4.78, 5) is 41.2. The molecule has 4 aliphatic rings. The van der Waals surface area contributed by atoms with Gasteiger partial charge in [0.05, 0.1) is 5.57 Å². The molecule has 3 unspecified atom stereocenters. The monoisotopic (exact) mass is 494 g/mol. The van der Waals surface area contributed by atoms with Crippen LogP contribution in [-0.4, -0.2) is 28.7 Å². The van der Waals surface area contributed by atoms with Gasteiger partial charge in [-0.3, -0.25) is 9.59 Å². The quantitative estimate of drug-likeness (QED) is 0.133. The van der Waals surface area contributed by atoms with Crippen molar-refractivity contribution in [3.8, 4) is 0 Å². The molecule has 1 N–H and O–H groups in total. The number of hydrogen-bond acceptors (Lipinski definition) is 5. The van der Waals surface area contributed by atoms with Gasteiger partial charge in [-0.1, -0.05) is 58.3 Å². The molecule has 5 atom stereocenters. The average Bonchev–Trinajstić information content (AvgIpc) is 3.16. The van der Waals surface area contributed by atoms with Crippen molar-refractivity contribution in [1.29, 1.82) is 0 Å². The van der Waals surface area contributed by atoms with Crippen molar-refractivity contribution in [2.75, 3.05) is 0 Å². The van der Waals surface area contributed by atoms with Gasteiger partial charge < -0.3 is 9.84 Å². The molecule has 2 saturated carbocycles. The number of aliphatic hydroxyl groups is 1. The summed E-state index contributed by atoms with van der Waals surface area (Å²) in [5.74, 6) is -2.47. The van der Waals surface area contributed by atoms with E-state index in [0.717, 1.165) is 50.5 Å². The smallest absolute Gasteiger partial charge is 0.342 e. The summed E-state index contributed by atoms with van der Waals surface area (Å²) in [5, 5.41) is 11.0. The number of fused-ring (bicyclic) bond motifs is 2. The third-order valence-electron chi connectivity index (χ3n) is 10.1. The molecule has 2 bridgehead atoms. The van der Waals surface area contributed by atoms with Gasteiger partial charge in [-0.2, -0.15) is 0 Å². The topological polar surface area (TPSA) is 80.7 Å². The van der Waals surface area contributed by atoms with Crippen LogP contribution >= 0.6 is 0 Å². The van der Waals surface area contributed by atoms with E-state index in [4.69, 9.17) is 4.74 Å². The van der Waals surface area contributed by atoms with Crippen molar-refractivity contribution in [1.82, 2.24) is 0 Å². The summed E-state index contributed by atoms with van der Waals surface area (Å²) in [7, 11) is 0. The third kappa shape index (κ3) is 4.13. The lowest BCUT2D eigenvalue weighted by molar-refractivity contribution is -0.153. The summed E-state index contributed by atoms with van der Waals surface area (Å²) >= 11 is 0. The maximum atomic E-state index is 14.0. The van der Waals surface area contributed by atoms with Gasteiger partial charge in [-0.15, -0.1) is 6.58 Å². The van der Waals surface area contributed by atoms with Gasteiger partial charge in [0, 0.05) is 16.9 Å². The Hall–Kier alpha value is -2.43. The second-order valence-electron chi connectivity index (χ2n) is 12.2. The molecule has 196 valence electrons. The zero-order chi connectivity index (χ0) is 26.4. The van der Waals surface area contributed by atoms with Crippen LogP contribution in [0, 0.1) is 28.6 Å². The normalized spacial score (nSPS) is 33.8. The summed E-state index contributed by atoms with van der Waals surface area (Å²) < 4.78 is 6.11. The van der Waals surface area contributed by atoms with Gasteiger partial charge in [0.15, 0.2) is 5.76 Å². The van der Waals surface area contributed by atoms with Gasteiger partial charge in [0.25, 0.3) is 0 Å². The molecule has 0 aromatic rings. The molecule has 0 spiro atoms. The Morgan fingerprint density at radius 3 is 2.50 bits per heavy atom. The molecule has 0 saturated heterocycles. The molecule has 0 aliphatic heterocycles. The van der Waals surface area contributed by atoms with Crippen molar-refractivity contribution in [3.63, 3.8) is 0 Å². The molecule has 4 rings (SSSR count). The predicted molar refractivity (Wildman–Crippen MR) is 140 cm³/mol. The van der Waals surface area contributed by atoms with Crippen LogP contribution < -0.4 is 0 Å². The number of hydrogen-bond donors (Lipinski definition) is 1. The van der Waals surface area contributed by atoms with Crippen molar-refractivity contribution in [2.24, 2.45) is 28.6 Å². The Bertz CT molecular complexity index is 1070. The number of ether oxygens (including phenoxy) is 1. The fourth-order valence-corrected chi connectivity index (χ4v) is 7.22. The van der Waals surface area contributed by atoms with E-state index in [0.29, 0.717) is 12.3 Å². The summed E-state index contributed by atoms with van der Waals surface area (Å²) in [6.45, 7) is 14.6. The molecule has 36 heavy (non-hydrogen) atoms. The highest BCUT2D eigenvalue weighted by Crippen LogP contribution is 2.66. The highest BCUT2D eigenvalue weighted by molar-refractivity contribution is 6.34. The second-order valence-corrected chi connectivity index (χ2v) is 12.2. The van der Waals surface area contributed by atoms with E-state index in [1.54, 1.807) is 6.08 Å². The first-order valence-corrected chi connectivity index (χ1v) is 13.7. The van der Waals surface area contributed by atoms with Crippen LogP contribution in [0.2, 0.25) is 0 Å². The minimum absolute atomic E-state index is 0.0228. The largest absolute Gasteiger partial charge is 0.504 e. The number of ketones is 2. The number of rotatable bonds is 8. The van der Waals surface area contributed by atoms with Gasteiger partial charge in [0.1, 0.15) is 11.7 Å². The molecule has 4 aliphatic carbocycles. The van der Waals surface area contributed by atoms with Crippen LogP contribution in [0.4, 0.5) is 0 Å². The van der Waals surface area contributed by atoms with Crippen molar-refractivity contribution in [2.45, 2.75) is 98.5 Å². The minimum atomic E-state index is -0.703. The molecule has 0 amide bonds. The van der Waals surface area contributed by atoms with Gasteiger partial charge in [-0.05, 0) is 69.1 Å². The lowest BCUT2D eigenvalue weighted by Gasteiger charge is -2.38. The standard InChI is InChI=1S/C31H42O5/c1-7-9-10-11-21-25(29(35)36-23-17-20-14-15-31(23,6)30(20,4)5)27(33)24(28(34)26(21)32)22-16-18(3)12-13-19(22)8-2/h8,16,19-20,22-23,34H,2,7,9-15,17H2,1,3-6H3/t19-,20?,22-,23?,31?/m1/s1. The van der Waals surface area contributed by atoms with Gasteiger partial charge in [0.2, 0.25) is 11.6 Å². The van der Waals surface area contributed by atoms with Crippen LogP contribution in [0.1, 0.15) is 92.4 Å². The van der Waals surface area contributed by atoms with Crippen molar-refractivity contribution in [3.05, 3.63) is 46.8 Å². The Labute approximate surface area is 215 Å². The molecule has 5 heteroatoms. The fourth-order valence-electron chi connectivity index (χ4n) is 7.22. The van der Waals surface area contributed by atoms with Gasteiger partial charge >= 0.3 is 5.97 Å². The van der Waals surface area contributed by atoms with Crippen LogP contribution in [0.15, 0.2) is 46.8 Å². The first-order chi connectivity index (χ1) is 17.0. The van der Waals surface area contributed by atoms with Crippen LogP contribution in [0.25, 0.3) is 0 Å². The maximum Gasteiger partial charge on any atom is 0.342 e. The Kier molecular flexibility index (Phi) is 7.24. The fraction of sp³-hybridized carbons (Fsp3) is 0.645. The van der Waals surface area contributed by atoms with Crippen LogP contribution in [0.5, 0.6) is 0 Å². The highest BCUT2D eigenvalue weighted by Gasteiger charge is 2.63. The molecule has 0 radical (unpaired) electrons. The molecule has 0 aromatic heterocycles. The maximum absolute atomic E-state index is 14.0. The Balaban J connectivity index is 1.71. The van der Waals surface area contributed by atoms with Crippen LogP contribution in [0.3, 0.4) is 0 Å². The molecular formula is C31H42O5. The number of allylic oxidation sites excluding steroid dienone is 5. The van der Waals surface area contributed by atoms with E-state index >= 15 is 0 Å². The van der Waals surface area contributed by atoms with Crippen molar-refractivity contribution >= 4 is 17.5 Å². The third-order valence-corrected chi connectivity index (χ3v) is 10.1. The summed E-state index contributed by atoms with van der Waals surface area (Å²) in [6, 6.07) is 0. The van der Waals surface area contributed by atoms with Gasteiger partial charge in [-0.25, -0.2) is 4.79 Å². The lowest BCUT2D eigenvalue weighted by Crippen LogP contribution is -2.40. The van der Waals surface area contributed by atoms with E-state index < -0.39 is 29.2 Å². The van der Waals surface area contributed by atoms with Crippen LogP contribution in [-0.2, 0) is 19.1 Å². The summed E-state index contributed by atoms with van der Waals surface area (Å²) in [5.41, 5.74) is 0.961. The Morgan fingerprint density at radius 1 is 1.19 bits per heavy atom. The number of esters is 1. The Morgan fingerprint density at radius 2 is 1.92 bits per heavy atom. The molecule has 2 fully saturated rings. The molecule has 5 nitrogen and oxygen atoms in total. The number of Topliss-reactive ketones (excluding diaryl/α,β-unsaturated/α-hetero) is 2. The number of unbranched alkanes of at least 4 members (excludes halogenated alkanes) is 2. The predicted octanol–water partition coefficient (Wildman–Crippen LogP) is 6.74.